The largest absolute Gasteiger partial charge is 0.508 e. The summed E-state index contributed by atoms with van der Waals surface area (Å²) in [6, 6.07) is 4.43. The molecule has 15 heavy (non-hydrogen) atoms. The van der Waals surface area contributed by atoms with Gasteiger partial charge in [-0.1, -0.05) is 0 Å². The molecule has 0 fully saturated rings. The molecule has 0 aliphatic heterocycles. The third kappa shape index (κ3) is 2.40. The zero-order chi connectivity index (χ0) is 11.6. The Balaban J connectivity index is 2.96. The first-order valence-electron chi connectivity index (χ1n) is 4.68. The van der Waals surface area contributed by atoms with E-state index in [1.165, 1.54) is 0 Å². The maximum absolute atomic E-state index is 10.8. The number of carbonyl (C=O) groups is 1. The van der Waals surface area contributed by atoms with Crippen LogP contribution in [0.4, 0.5) is 5.69 Å². The highest BCUT2D eigenvalue weighted by atomic mass is 16.4. The van der Waals surface area contributed by atoms with Crippen LogP contribution in [-0.4, -0.2) is 29.3 Å². The second-order valence-electron chi connectivity index (χ2n) is 3.60. The van der Waals surface area contributed by atoms with Gasteiger partial charge in [-0.15, -0.1) is 0 Å². The molecule has 1 rings (SSSR count). The van der Waals surface area contributed by atoms with E-state index >= 15 is 0 Å². The molecular weight excluding hydrogens is 194 g/mol. The van der Waals surface area contributed by atoms with Crippen LogP contribution in [0.5, 0.6) is 5.75 Å². The second-order valence-corrected chi connectivity index (χ2v) is 3.60. The summed E-state index contributed by atoms with van der Waals surface area (Å²) in [5.74, 6) is -0.654. The zero-order valence-corrected chi connectivity index (χ0v) is 9.06. The van der Waals surface area contributed by atoms with Gasteiger partial charge in [0.15, 0.2) is 0 Å². The number of phenolic OH excluding ortho intramolecular Hbond substituents is 1. The molecule has 1 aromatic rings. The number of phenols is 1. The average Bonchev–Trinajstić information content (AvgIpc) is 2.19. The van der Waals surface area contributed by atoms with Crippen LogP contribution in [0.3, 0.4) is 0 Å². The maximum Gasteiger partial charge on any atom is 0.326 e. The van der Waals surface area contributed by atoms with E-state index < -0.39 is 12.0 Å². The molecule has 1 atom stereocenters. The summed E-state index contributed by atoms with van der Waals surface area (Å²) in [4.78, 5) is 12.4. The lowest BCUT2D eigenvalue weighted by Crippen LogP contribution is -2.35. The molecule has 0 saturated carbocycles. The number of benzene rings is 1. The van der Waals surface area contributed by atoms with Crippen LogP contribution in [-0.2, 0) is 4.79 Å². The number of likely N-dealkylation sites (N-methyl/N-ethyl adjacent to an activating group) is 1. The van der Waals surface area contributed by atoms with Gasteiger partial charge in [-0.3, -0.25) is 0 Å². The van der Waals surface area contributed by atoms with Gasteiger partial charge in [-0.05, 0) is 37.6 Å². The normalized spacial score (nSPS) is 12.2. The molecule has 0 aliphatic carbocycles. The number of hydrogen-bond acceptors (Lipinski definition) is 3. The minimum absolute atomic E-state index is 0.218. The third-order valence-corrected chi connectivity index (χ3v) is 2.53. The first-order chi connectivity index (χ1) is 6.93. The summed E-state index contributed by atoms with van der Waals surface area (Å²) >= 11 is 0. The van der Waals surface area contributed by atoms with Crippen molar-refractivity contribution in [2.45, 2.75) is 19.9 Å². The molecule has 0 saturated heterocycles. The second kappa shape index (κ2) is 4.21. The highest BCUT2D eigenvalue weighted by Crippen LogP contribution is 2.23. The zero-order valence-electron chi connectivity index (χ0n) is 9.06. The van der Waals surface area contributed by atoms with Gasteiger partial charge in [0, 0.05) is 12.7 Å². The molecule has 0 unspecified atom stereocenters. The molecule has 0 spiro atoms. The van der Waals surface area contributed by atoms with Crippen LogP contribution in [0, 0.1) is 6.92 Å². The summed E-state index contributed by atoms with van der Waals surface area (Å²) in [7, 11) is 1.71. The Labute approximate surface area is 88.8 Å². The lowest BCUT2D eigenvalue weighted by molar-refractivity contribution is -0.138. The van der Waals surface area contributed by atoms with Crippen molar-refractivity contribution in [3.8, 4) is 5.75 Å². The van der Waals surface area contributed by atoms with E-state index in [9.17, 15) is 9.90 Å². The van der Waals surface area contributed by atoms with Crippen molar-refractivity contribution < 1.29 is 15.0 Å². The summed E-state index contributed by atoms with van der Waals surface area (Å²) in [5.41, 5.74) is 1.51. The topological polar surface area (TPSA) is 60.8 Å². The van der Waals surface area contributed by atoms with Crippen molar-refractivity contribution in [2.75, 3.05) is 11.9 Å². The molecule has 0 aromatic heterocycles. The number of carboxylic acid groups (broad SMARTS) is 1. The summed E-state index contributed by atoms with van der Waals surface area (Å²) < 4.78 is 0. The van der Waals surface area contributed by atoms with E-state index in [0.29, 0.717) is 0 Å². The molecular formula is C11H15NO3. The van der Waals surface area contributed by atoms with Gasteiger partial charge in [0.25, 0.3) is 0 Å². The summed E-state index contributed by atoms with van der Waals surface area (Å²) in [6.07, 6.45) is 0. The Kier molecular flexibility index (Phi) is 3.19. The minimum Gasteiger partial charge on any atom is -0.508 e. The smallest absolute Gasteiger partial charge is 0.326 e. The number of hydrogen-bond donors (Lipinski definition) is 2. The molecule has 0 amide bonds. The first-order valence-corrected chi connectivity index (χ1v) is 4.68. The van der Waals surface area contributed by atoms with E-state index in [1.54, 1.807) is 44.0 Å². The number of rotatable bonds is 3. The van der Waals surface area contributed by atoms with Crippen LogP contribution in [0.15, 0.2) is 18.2 Å². The predicted octanol–water partition coefficient (Wildman–Crippen LogP) is 1.61. The number of aryl methyl sites for hydroxylation is 1. The number of carboxylic acids is 1. The first kappa shape index (κ1) is 11.4. The summed E-state index contributed by atoms with van der Waals surface area (Å²) in [5, 5.41) is 18.2. The Morgan fingerprint density at radius 3 is 2.53 bits per heavy atom. The molecule has 0 heterocycles. The SMILES string of the molecule is Cc1cc(N(C)[C@@H](C)C(=O)O)ccc1O. The van der Waals surface area contributed by atoms with E-state index in [0.717, 1.165) is 11.3 Å². The van der Waals surface area contributed by atoms with Gasteiger partial charge in [0.1, 0.15) is 11.8 Å². The Bertz CT molecular complexity index is 376. The van der Waals surface area contributed by atoms with Crippen molar-refractivity contribution in [1.82, 2.24) is 0 Å². The van der Waals surface area contributed by atoms with Gasteiger partial charge in [0.05, 0.1) is 0 Å². The van der Waals surface area contributed by atoms with Crippen molar-refractivity contribution in [3.63, 3.8) is 0 Å². The lowest BCUT2D eigenvalue weighted by atomic mass is 10.1. The van der Waals surface area contributed by atoms with E-state index in [2.05, 4.69) is 0 Å². The Hall–Kier alpha value is -1.71. The van der Waals surface area contributed by atoms with Crippen molar-refractivity contribution >= 4 is 11.7 Å². The van der Waals surface area contributed by atoms with Crippen LogP contribution in [0.25, 0.3) is 0 Å². The highest BCUT2D eigenvalue weighted by molar-refractivity contribution is 5.77. The number of aromatic hydroxyl groups is 1. The molecule has 4 heteroatoms. The van der Waals surface area contributed by atoms with Gasteiger partial charge in [0.2, 0.25) is 0 Å². The van der Waals surface area contributed by atoms with Crippen molar-refractivity contribution in [2.24, 2.45) is 0 Å². The van der Waals surface area contributed by atoms with Gasteiger partial charge in [-0.25, -0.2) is 4.79 Å². The number of nitrogens with zero attached hydrogens (tertiary/aromatic N) is 1. The molecule has 0 radical (unpaired) electrons. The van der Waals surface area contributed by atoms with Gasteiger partial charge in [-0.2, -0.15) is 0 Å². The predicted molar refractivity (Wildman–Crippen MR) is 58.3 cm³/mol. The Morgan fingerprint density at radius 1 is 1.47 bits per heavy atom. The fourth-order valence-electron chi connectivity index (χ4n) is 1.25. The summed E-state index contributed by atoms with van der Waals surface area (Å²) in [6.45, 7) is 3.39. The molecule has 0 aliphatic rings. The quantitative estimate of drug-likeness (QED) is 0.794. The monoisotopic (exact) mass is 209 g/mol. The van der Waals surface area contributed by atoms with Crippen LogP contribution >= 0.6 is 0 Å². The van der Waals surface area contributed by atoms with Gasteiger partial charge < -0.3 is 15.1 Å². The highest BCUT2D eigenvalue weighted by Gasteiger charge is 2.17. The van der Waals surface area contributed by atoms with E-state index in [-0.39, 0.29) is 5.75 Å². The fraction of sp³-hybridized carbons (Fsp3) is 0.364. The number of anilines is 1. The standard InChI is InChI=1S/C11H15NO3/c1-7-6-9(4-5-10(7)13)12(3)8(2)11(14)15/h4-6,8,13H,1-3H3,(H,14,15)/t8-/m0/s1. The molecule has 2 N–H and O–H groups in total. The molecule has 82 valence electrons. The van der Waals surface area contributed by atoms with Crippen LogP contribution in [0.1, 0.15) is 12.5 Å². The van der Waals surface area contributed by atoms with Gasteiger partial charge >= 0.3 is 5.97 Å². The third-order valence-electron chi connectivity index (χ3n) is 2.53. The van der Waals surface area contributed by atoms with Crippen LogP contribution < -0.4 is 4.90 Å². The van der Waals surface area contributed by atoms with E-state index in [1.807, 2.05) is 0 Å². The molecule has 1 aromatic carbocycles. The fourth-order valence-corrected chi connectivity index (χ4v) is 1.25. The van der Waals surface area contributed by atoms with Crippen LogP contribution in [0.2, 0.25) is 0 Å². The average molecular weight is 209 g/mol. The molecule has 0 bridgehead atoms. The Morgan fingerprint density at radius 2 is 2.07 bits per heavy atom. The minimum atomic E-state index is -0.872. The lowest BCUT2D eigenvalue weighted by Gasteiger charge is -2.24. The van der Waals surface area contributed by atoms with Crippen molar-refractivity contribution in [3.05, 3.63) is 23.8 Å². The maximum atomic E-state index is 10.8. The van der Waals surface area contributed by atoms with E-state index in [4.69, 9.17) is 5.11 Å². The number of aliphatic carboxylic acids is 1. The molecule has 4 nitrogen and oxygen atoms in total. The van der Waals surface area contributed by atoms with Crippen molar-refractivity contribution in [1.29, 1.82) is 0 Å².